The highest BCUT2D eigenvalue weighted by molar-refractivity contribution is 5.97. The molecule has 1 aromatic heterocycles. The molecule has 2 amide bonds. The number of rotatable bonds is 10. The van der Waals surface area contributed by atoms with Gasteiger partial charge in [0.15, 0.2) is 0 Å². The Labute approximate surface area is 198 Å². The Bertz CT molecular complexity index is 1130. The molecule has 0 spiro atoms. The van der Waals surface area contributed by atoms with E-state index in [1.54, 1.807) is 36.7 Å². The summed E-state index contributed by atoms with van der Waals surface area (Å²) in [6.45, 7) is 3.65. The van der Waals surface area contributed by atoms with Gasteiger partial charge in [-0.05, 0) is 49.9 Å². The average molecular weight is 461 g/mol. The van der Waals surface area contributed by atoms with E-state index in [2.05, 4.69) is 9.97 Å². The van der Waals surface area contributed by atoms with E-state index in [-0.39, 0.29) is 12.8 Å². The number of carboxylic acid groups (broad SMARTS) is 1. The maximum atomic E-state index is 13.7. The minimum Gasteiger partial charge on any atom is -0.480 e. The summed E-state index contributed by atoms with van der Waals surface area (Å²) in [4.78, 5) is 46.8. The van der Waals surface area contributed by atoms with Crippen LogP contribution < -0.4 is 5.73 Å². The van der Waals surface area contributed by atoms with E-state index >= 15 is 0 Å². The Morgan fingerprint density at radius 3 is 2.15 bits per heavy atom. The first-order valence-electron chi connectivity index (χ1n) is 10.9. The van der Waals surface area contributed by atoms with Crippen LogP contribution in [0.2, 0.25) is 0 Å². The lowest BCUT2D eigenvalue weighted by Gasteiger charge is -2.42. The maximum Gasteiger partial charge on any atom is 0.326 e. The third-order valence-corrected chi connectivity index (χ3v) is 5.64. The van der Waals surface area contributed by atoms with Crippen molar-refractivity contribution in [1.29, 1.82) is 0 Å². The van der Waals surface area contributed by atoms with Crippen LogP contribution in [0.1, 0.15) is 42.6 Å². The van der Waals surface area contributed by atoms with Gasteiger partial charge in [0.25, 0.3) is 5.91 Å². The molecule has 34 heavy (non-hydrogen) atoms. The van der Waals surface area contributed by atoms with Gasteiger partial charge in [-0.3, -0.25) is 9.59 Å². The molecule has 1 atom stereocenters. The minimum absolute atomic E-state index is 0.0753. The van der Waals surface area contributed by atoms with Gasteiger partial charge in [-0.25, -0.2) is 14.8 Å². The third kappa shape index (κ3) is 6.04. The van der Waals surface area contributed by atoms with Crippen molar-refractivity contribution < 1.29 is 19.5 Å². The molecule has 0 fully saturated rings. The van der Waals surface area contributed by atoms with Crippen LogP contribution in [0.15, 0.2) is 73.3 Å². The number of aromatic nitrogens is 2. The summed E-state index contributed by atoms with van der Waals surface area (Å²) in [7, 11) is 0. The van der Waals surface area contributed by atoms with Gasteiger partial charge in [-0.2, -0.15) is 0 Å². The summed E-state index contributed by atoms with van der Waals surface area (Å²) in [5.41, 5.74) is 7.35. The van der Waals surface area contributed by atoms with E-state index in [1.165, 1.54) is 11.2 Å². The lowest BCUT2D eigenvalue weighted by Crippen LogP contribution is -2.57. The van der Waals surface area contributed by atoms with Crippen LogP contribution >= 0.6 is 0 Å². The van der Waals surface area contributed by atoms with E-state index in [9.17, 15) is 19.5 Å². The molecule has 8 nitrogen and oxygen atoms in total. The highest BCUT2D eigenvalue weighted by Gasteiger charge is 2.40. The minimum atomic E-state index is -1.22. The topological polar surface area (TPSA) is 126 Å². The second kappa shape index (κ2) is 10.7. The largest absolute Gasteiger partial charge is 0.480 e. The summed E-state index contributed by atoms with van der Waals surface area (Å²) in [6, 6.07) is 15.2. The fourth-order valence-electron chi connectivity index (χ4n) is 4.05. The molecule has 0 aliphatic heterocycles. The van der Waals surface area contributed by atoms with Gasteiger partial charge >= 0.3 is 5.97 Å². The zero-order valence-corrected chi connectivity index (χ0v) is 19.2. The molecule has 0 saturated heterocycles. The molecular formula is C26H28N4O4. The van der Waals surface area contributed by atoms with Crippen molar-refractivity contribution in [2.75, 3.05) is 0 Å². The van der Waals surface area contributed by atoms with Crippen LogP contribution in [0.5, 0.6) is 0 Å². The van der Waals surface area contributed by atoms with Crippen LogP contribution in [-0.2, 0) is 16.0 Å². The highest BCUT2D eigenvalue weighted by Crippen LogP contribution is 2.28. The van der Waals surface area contributed by atoms with Crippen molar-refractivity contribution in [2.24, 2.45) is 5.73 Å². The van der Waals surface area contributed by atoms with Gasteiger partial charge in [-0.15, -0.1) is 0 Å². The van der Waals surface area contributed by atoms with Crippen molar-refractivity contribution in [3.05, 3.63) is 84.4 Å². The number of carbonyl (C=O) groups is 3. The van der Waals surface area contributed by atoms with Crippen LogP contribution in [0.3, 0.4) is 0 Å². The van der Waals surface area contributed by atoms with Crippen molar-refractivity contribution in [3.8, 4) is 11.1 Å². The Morgan fingerprint density at radius 2 is 1.59 bits per heavy atom. The standard InChI is InChI=1S/C26H28N4O4/c1-26(2,14-18-6-4-3-5-7-18)30(22(25(33)34)12-13-23(27)31)24(32)20-10-8-19(9-11-20)21-15-28-17-29-16-21/h3-11,15-17,22H,12-14H2,1-2H3,(H2,27,31)(H,33,34)/t22-/m0/s1. The van der Waals surface area contributed by atoms with Crippen LogP contribution in [0.25, 0.3) is 11.1 Å². The van der Waals surface area contributed by atoms with E-state index in [0.29, 0.717) is 12.0 Å². The number of primary amides is 1. The normalized spacial score (nSPS) is 12.1. The number of hydrogen-bond donors (Lipinski definition) is 2. The molecule has 176 valence electrons. The van der Waals surface area contributed by atoms with Crippen molar-refractivity contribution in [2.45, 2.75) is 44.7 Å². The predicted octanol–water partition coefficient (Wildman–Crippen LogP) is 3.33. The van der Waals surface area contributed by atoms with Crippen molar-refractivity contribution >= 4 is 17.8 Å². The molecule has 8 heteroatoms. The fraction of sp³-hybridized carbons (Fsp3) is 0.269. The van der Waals surface area contributed by atoms with Gasteiger partial charge < -0.3 is 15.7 Å². The Kier molecular flexibility index (Phi) is 7.73. The van der Waals surface area contributed by atoms with Crippen molar-refractivity contribution in [3.63, 3.8) is 0 Å². The molecule has 3 N–H and O–H groups in total. The fourth-order valence-corrected chi connectivity index (χ4v) is 4.05. The molecule has 1 heterocycles. The highest BCUT2D eigenvalue weighted by atomic mass is 16.4. The van der Waals surface area contributed by atoms with Gasteiger partial charge in [0.2, 0.25) is 5.91 Å². The number of amides is 2. The average Bonchev–Trinajstić information content (AvgIpc) is 2.82. The van der Waals surface area contributed by atoms with E-state index in [1.807, 2.05) is 44.2 Å². The number of carboxylic acids is 1. The zero-order valence-electron chi connectivity index (χ0n) is 19.2. The molecule has 0 unspecified atom stereocenters. The van der Waals surface area contributed by atoms with Crippen LogP contribution in [-0.4, -0.2) is 49.3 Å². The number of aliphatic carboxylic acids is 1. The molecule has 0 bridgehead atoms. The third-order valence-electron chi connectivity index (χ3n) is 5.64. The number of nitrogens with zero attached hydrogens (tertiary/aromatic N) is 3. The van der Waals surface area contributed by atoms with Crippen LogP contribution in [0, 0.1) is 0 Å². The zero-order chi connectivity index (χ0) is 24.7. The molecule has 0 aliphatic rings. The number of hydrogen-bond acceptors (Lipinski definition) is 5. The Hall–Kier alpha value is -4.07. The second-order valence-corrected chi connectivity index (χ2v) is 8.71. The molecular weight excluding hydrogens is 432 g/mol. The van der Waals surface area contributed by atoms with E-state index in [4.69, 9.17) is 5.73 Å². The van der Waals surface area contributed by atoms with Gasteiger partial charge in [0.05, 0.1) is 0 Å². The number of carbonyl (C=O) groups excluding carboxylic acids is 2. The first-order valence-corrected chi connectivity index (χ1v) is 10.9. The SMILES string of the molecule is CC(C)(Cc1ccccc1)N(C(=O)c1ccc(-c2cncnc2)cc1)[C@@H](CCC(N)=O)C(=O)O. The number of benzene rings is 2. The Balaban J connectivity index is 1.98. The molecule has 3 aromatic rings. The van der Waals surface area contributed by atoms with Gasteiger partial charge in [-0.1, -0.05) is 42.5 Å². The first-order chi connectivity index (χ1) is 16.2. The summed E-state index contributed by atoms with van der Waals surface area (Å²) in [6.07, 6.45) is 4.99. The summed E-state index contributed by atoms with van der Waals surface area (Å²) >= 11 is 0. The van der Waals surface area contributed by atoms with E-state index < -0.39 is 29.4 Å². The lowest BCUT2D eigenvalue weighted by atomic mass is 9.89. The maximum absolute atomic E-state index is 13.7. The monoisotopic (exact) mass is 460 g/mol. The summed E-state index contributed by atoms with van der Waals surface area (Å²) in [5, 5.41) is 10.0. The van der Waals surface area contributed by atoms with E-state index in [0.717, 1.165) is 16.7 Å². The molecule has 2 aromatic carbocycles. The quantitative estimate of drug-likeness (QED) is 0.478. The lowest BCUT2D eigenvalue weighted by molar-refractivity contribution is -0.144. The molecule has 3 rings (SSSR count). The first kappa shape index (κ1) is 24.6. The summed E-state index contributed by atoms with van der Waals surface area (Å²) in [5.74, 6) is -2.24. The molecule has 0 saturated carbocycles. The number of nitrogens with two attached hydrogens (primary N) is 1. The Morgan fingerprint density at radius 1 is 0.971 bits per heavy atom. The second-order valence-electron chi connectivity index (χ2n) is 8.71. The summed E-state index contributed by atoms with van der Waals surface area (Å²) < 4.78 is 0. The van der Waals surface area contributed by atoms with Gasteiger partial charge in [0.1, 0.15) is 12.4 Å². The smallest absolute Gasteiger partial charge is 0.326 e. The van der Waals surface area contributed by atoms with Gasteiger partial charge in [0, 0.05) is 35.5 Å². The molecule has 0 radical (unpaired) electrons. The van der Waals surface area contributed by atoms with Crippen LogP contribution in [0.4, 0.5) is 0 Å². The van der Waals surface area contributed by atoms with Crippen molar-refractivity contribution in [1.82, 2.24) is 14.9 Å². The predicted molar refractivity (Wildman–Crippen MR) is 128 cm³/mol. The molecule has 0 aliphatic carbocycles.